The third-order valence-electron chi connectivity index (χ3n) is 6.17. The maximum atomic E-state index is 11.0. The molecule has 2 N–H and O–H groups in total. The van der Waals surface area contributed by atoms with Gasteiger partial charge in [0.15, 0.2) is 0 Å². The molecule has 0 spiro atoms. The second-order valence-corrected chi connectivity index (χ2v) is 7.88. The molecule has 0 bridgehead atoms. The molecule has 0 atom stereocenters. The van der Waals surface area contributed by atoms with Gasteiger partial charge in [-0.1, -0.05) is 27.7 Å². The van der Waals surface area contributed by atoms with Gasteiger partial charge < -0.3 is 10.2 Å². The van der Waals surface area contributed by atoms with E-state index in [1.54, 1.807) is 10.9 Å². The monoisotopic (exact) mass is 356 g/mol. The highest BCUT2D eigenvalue weighted by Gasteiger charge is 2.64. The zero-order valence-corrected chi connectivity index (χ0v) is 15.0. The molecule has 3 heterocycles. The first-order valence-electron chi connectivity index (χ1n) is 8.34. The van der Waals surface area contributed by atoms with E-state index >= 15 is 0 Å². The number of aromatic hydroxyl groups is 1. The van der Waals surface area contributed by atoms with Gasteiger partial charge >= 0.3 is 5.97 Å². The van der Waals surface area contributed by atoms with Gasteiger partial charge in [0.1, 0.15) is 11.0 Å². The minimum Gasteiger partial charge on any atom is -0.492 e. The molecular weight excluding hydrogens is 336 g/mol. The summed E-state index contributed by atoms with van der Waals surface area (Å²) < 4.78 is 2.95. The predicted molar refractivity (Wildman–Crippen MR) is 92.1 cm³/mol. The first-order chi connectivity index (χ1) is 12.1. The van der Waals surface area contributed by atoms with E-state index in [9.17, 15) is 9.90 Å². The standard InChI is InChI=1S/C17H20N6O3/c1-16(2)11(17(16,3)4)8-22-12-10(6-19-22)20-15(21-13(12)24)23-7-9(5-18-23)14(25)26/h5-7,11H,8H2,1-4H3,(H,25,26)(H,20,21,24). The highest BCUT2D eigenvalue weighted by Crippen LogP contribution is 2.68. The fraction of sp³-hybridized carbons (Fsp3) is 0.471. The lowest BCUT2D eigenvalue weighted by molar-refractivity contribution is 0.0697. The van der Waals surface area contributed by atoms with Gasteiger partial charge in [0.05, 0.1) is 18.0 Å². The third-order valence-corrected chi connectivity index (χ3v) is 6.17. The first kappa shape index (κ1) is 16.5. The summed E-state index contributed by atoms with van der Waals surface area (Å²) in [6, 6.07) is 0. The Morgan fingerprint density at radius 3 is 2.42 bits per heavy atom. The van der Waals surface area contributed by atoms with Crippen molar-refractivity contribution in [3.8, 4) is 11.8 Å². The molecule has 4 rings (SSSR count). The minimum absolute atomic E-state index is 0.0158. The average molecular weight is 356 g/mol. The molecule has 9 heteroatoms. The van der Waals surface area contributed by atoms with Crippen LogP contribution in [0.3, 0.4) is 0 Å². The molecule has 0 saturated heterocycles. The van der Waals surface area contributed by atoms with E-state index in [1.165, 1.54) is 17.1 Å². The topological polar surface area (TPSA) is 119 Å². The van der Waals surface area contributed by atoms with Crippen LogP contribution in [0.4, 0.5) is 0 Å². The van der Waals surface area contributed by atoms with Gasteiger partial charge in [0.2, 0.25) is 5.88 Å². The van der Waals surface area contributed by atoms with Gasteiger partial charge in [-0.05, 0) is 16.7 Å². The van der Waals surface area contributed by atoms with Gasteiger partial charge in [0, 0.05) is 12.7 Å². The zero-order chi connectivity index (χ0) is 18.9. The Balaban J connectivity index is 1.70. The Hall–Kier alpha value is -2.97. The molecule has 3 aromatic rings. The van der Waals surface area contributed by atoms with E-state index < -0.39 is 5.97 Å². The van der Waals surface area contributed by atoms with Crippen LogP contribution in [0, 0.1) is 16.7 Å². The van der Waals surface area contributed by atoms with Crippen molar-refractivity contribution >= 4 is 17.0 Å². The number of carboxylic acid groups (broad SMARTS) is 1. The van der Waals surface area contributed by atoms with Crippen LogP contribution in [0.2, 0.25) is 0 Å². The molecule has 0 unspecified atom stereocenters. The number of rotatable bonds is 4. The van der Waals surface area contributed by atoms with Crippen molar-refractivity contribution in [2.45, 2.75) is 34.2 Å². The van der Waals surface area contributed by atoms with Crippen LogP contribution < -0.4 is 0 Å². The predicted octanol–water partition coefficient (Wildman–Crippen LogP) is 2.10. The molecule has 1 aliphatic carbocycles. The SMILES string of the molecule is CC1(C)C(Cn2ncc3nc(-n4cc(C(=O)O)cn4)nc(O)c32)C1(C)C. The summed E-state index contributed by atoms with van der Waals surface area (Å²) in [4.78, 5) is 19.4. The number of carbonyl (C=O) groups is 1. The Labute approximate surface area is 149 Å². The highest BCUT2D eigenvalue weighted by atomic mass is 16.4. The van der Waals surface area contributed by atoms with Gasteiger partial charge in [-0.25, -0.2) is 14.5 Å². The third kappa shape index (κ3) is 2.19. The molecule has 26 heavy (non-hydrogen) atoms. The maximum Gasteiger partial charge on any atom is 0.338 e. The Morgan fingerprint density at radius 1 is 1.15 bits per heavy atom. The fourth-order valence-electron chi connectivity index (χ4n) is 3.71. The van der Waals surface area contributed by atoms with Crippen LogP contribution in [-0.4, -0.2) is 45.7 Å². The van der Waals surface area contributed by atoms with E-state index in [2.05, 4.69) is 47.9 Å². The summed E-state index contributed by atoms with van der Waals surface area (Å²) in [6.07, 6.45) is 4.07. The zero-order valence-electron chi connectivity index (χ0n) is 15.0. The van der Waals surface area contributed by atoms with Gasteiger partial charge in [-0.3, -0.25) is 4.68 Å². The quantitative estimate of drug-likeness (QED) is 0.734. The van der Waals surface area contributed by atoms with Gasteiger partial charge in [-0.2, -0.15) is 15.2 Å². The van der Waals surface area contributed by atoms with E-state index in [1.807, 2.05) is 0 Å². The lowest BCUT2D eigenvalue weighted by Gasteiger charge is -2.07. The Morgan fingerprint density at radius 2 is 1.85 bits per heavy atom. The summed E-state index contributed by atoms with van der Waals surface area (Å²) in [5, 5.41) is 27.7. The number of fused-ring (bicyclic) bond motifs is 1. The summed E-state index contributed by atoms with van der Waals surface area (Å²) in [5.74, 6) is -0.772. The lowest BCUT2D eigenvalue weighted by Crippen LogP contribution is -2.07. The van der Waals surface area contributed by atoms with Crippen LogP contribution in [-0.2, 0) is 6.54 Å². The van der Waals surface area contributed by atoms with Gasteiger partial charge in [-0.15, -0.1) is 0 Å². The number of aromatic nitrogens is 6. The molecule has 0 amide bonds. The van der Waals surface area contributed by atoms with Crippen molar-refractivity contribution in [2.24, 2.45) is 16.7 Å². The number of hydrogen-bond donors (Lipinski definition) is 2. The lowest BCUT2D eigenvalue weighted by atomic mass is 10.0. The molecule has 1 fully saturated rings. The number of nitrogens with zero attached hydrogens (tertiary/aromatic N) is 6. The van der Waals surface area contributed by atoms with E-state index in [0.717, 1.165) is 0 Å². The van der Waals surface area contributed by atoms with Crippen molar-refractivity contribution < 1.29 is 15.0 Å². The summed E-state index contributed by atoms with van der Waals surface area (Å²) >= 11 is 0. The second kappa shape index (κ2) is 5.03. The number of hydrogen-bond acceptors (Lipinski definition) is 6. The summed E-state index contributed by atoms with van der Waals surface area (Å²) in [7, 11) is 0. The molecule has 3 aromatic heterocycles. The average Bonchev–Trinajstić information content (AvgIpc) is 3.06. The highest BCUT2D eigenvalue weighted by molar-refractivity contribution is 5.87. The normalized spacial score (nSPS) is 18.3. The molecule has 0 aliphatic heterocycles. The number of aromatic carboxylic acids is 1. The Bertz CT molecular complexity index is 1020. The van der Waals surface area contributed by atoms with E-state index in [4.69, 9.17) is 5.11 Å². The Kier molecular flexibility index (Phi) is 3.19. The number of carboxylic acids is 1. The molecule has 136 valence electrons. The van der Waals surface area contributed by atoms with Crippen molar-refractivity contribution in [1.82, 2.24) is 29.5 Å². The molecule has 0 radical (unpaired) electrons. The molecule has 1 saturated carbocycles. The van der Waals surface area contributed by atoms with Crippen molar-refractivity contribution in [3.63, 3.8) is 0 Å². The second-order valence-electron chi connectivity index (χ2n) is 7.88. The minimum atomic E-state index is -1.09. The van der Waals surface area contributed by atoms with Crippen LogP contribution in [0.5, 0.6) is 5.88 Å². The van der Waals surface area contributed by atoms with Crippen LogP contribution in [0.1, 0.15) is 38.1 Å². The largest absolute Gasteiger partial charge is 0.492 e. The van der Waals surface area contributed by atoms with Crippen LogP contribution in [0.25, 0.3) is 17.0 Å². The van der Waals surface area contributed by atoms with Crippen LogP contribution >= 0.6 is 0 Å². The van der Waals surface area contributed by atoms with Crippen molar-refractivity contribution in [1.29, 1.82) is 0 Å². The summed E-state index contributed by atoms with van der Waals surface area (Å²) in [6.45, 7) is 9.60. The molecule has 0 aromatic carbocycles. The van der Waals surface area contributed by atoms with Crippen molar-refractivity contribution in [2.75, 3.05) is 0 Å². The molecule has 1 aliphatic rings. The molecular formula is C17H20N6O3. The van der Waals surface area contributed by atoms with E-state index in [0.29, 0.717) is 23.5 Å². The van der Waals surface area contributed by atoms with Crippen molar-refractivity contribution in [3.05, 3.63) is 24.2 Å². The summed E-state index contributed by atoms with van der Waals surface area (Å²) in [5.41, 5.74) is 1.37. The smallest absolute Gasteiger partial charge is 0.338 e. The van der Waals surface area contributed by atoms with Gasteiger partial charge in [0.25, 0.3) is 5.95 Å². The van der Waals surface area contributed by atoms with E-state index in [-0.39, 0.29) is 28.2 Å². The molecule has 9 nitrogen and oxygen atoms in total. The first-order valence-corrected chi connectivity index (χ1v) is 8.34. The fourth-order valence-corrected chi connectivity index (χ4v) is 3.71. The van der Waals surface area contributed by atoms with Crippen LogP contribution in [0.15, 0.2) is 18.6 Å². The maximum absolute atomic E-state index is 11.0.